The SMILES string of the molecule is CC(C)Oc1cc(Cl)c(S(=O)(=O)N2CC3CCC(C2)O3)cc1C1=N[C@@](C)(c2ccc(Cl)cc2)[C@@](C)(c2ccc(Cl)cc2)N1C(=O)N1CCN(CCCS(C)(=O)=O)CC1. The number of piperazine rings is 1. The third kappa shape index (κ3) is 8.37. The molecule has 0 saturated carbocycles. The Bertz CT molecular complexity index is 2280. The van der Waals surface area contributed by atoms with E-state index in [4.69, 9.17) is 49.3 Å². The Morgan fingerprint density at radius 2 is 1.45 bits per heavy atom. The van der Waals surface area contributed by atoms with Gasteiger partial charge in [0.2, 0.25) is 10.0 Å². The number of carbonyl (C=O) groups excluding carboxylic acids is 1. The van der Waals surface area contributed by atoms with Gasteiger partial charge in [0.1, 0.15) is 37.4 Å². The van der Waals surface area contributed by atoms with Gasteiger partial charge in [0.15, 0.2) is 0 Å². The third-order valence-corrected chi connectivity index (χ3v) is 15.7. The third-order valence-electron chi connectivity index (χ3n) is 11.8. The number of amides is 2. The summed E-state index contributed by atoms with van der Waals surface area (Å²) >= 11 is 19.8. The van der Waals surface area contributed by atoms with Crippen molar-refractivity contribution in [1.29, 1.82) is 0 Å². The Labute approximate surface area is 357 Å². The topological polar surface area (TPSA) is 129 Å². The van der Waals surface area contributed by atoms with Crippen molar-refractivity contribution >= 4 is 66.5 Å². The van der Waals surface area contributed by atoms with Gasteiger partial charge in [-0.2, -0.15) is 4.31 Å². The zero-order chi connectivity index (χ0) is 41.8. The van der Waals surface area contributed by atoms with Crippen LogP contribution in [0.5, 0.6) is 5.75 Å². The lowest BCUT2D eigenvalue weighted by atomic mass is 9.71. The molecule has 0 spiro atoms. The van der Waals surface area contributed by atoms with Crippen molar-refractivity contribution in [2.75, 3.05) is 57.8 Å². The highest BCUT2D eigenvalue weighted by atomic mass is 35.5. The van der Waals surface area contributed by atoms with E-state index in [0.29, 0.717) is 54.8 Å². The van der Waals surface area contributed by atoms with Gasteiger partial charge in [0, 0.05) is 61.6 Å². The Morgan fingerprint density at radius 3 is 2.00 bits per heavy atom. The number of amidine groups is 1. The van der Waals surface area contributed by atoms with E-state index >= 15 is 4.79 Å². The summed E-state index contributed by atoms with van der Waals surface area (Å²) in [5, 5.41) is 1.03. The molecule has 2 bridgehead atoms. The van der Waals surface area contributed by atoms with Crippen LogP contribution in [0.3, 0.4) is 0 Å². The molecule has 314 valence electrons. The summed E-state index contributed by atoms with van der Waals surface area (Å²) in [5.41, 5.74) is -0.631. The van der Waals surface area contributed by atoms with Crippen molar-refractivity contribution in [1.82, 2.24) is 19.0 Å². The molecule has 12 nitrogen and oxygen atoms in total. The van der Waals surface area contributed by atoms with E-state index in [-0.39, 0.29) is 64.7 Å². The molecular weight excluding hydrogens is 845 g/mol. The maximum atomic E-state index is 15.5. The fraction of sp³-hybridized carbons (Fsp3) is 0.512. The molecule has 0 N–H and O–H groups in total. The number of hydrogen-bond donors (Lipinski definition) is 0. The number of morpholine rings is 1. The first-order chi connectivity index (χ1) is 27.3. The van der Waals surface area contributed by atoms with Crippen LogP contribution in [0.25, 0.3) is 0 Å². The molecule has 2 amide bonds. The van der Waals surface area contributed by atoms with Crippen LogP contribution in [0.1, 0.15) is 63.6 Å². The first-order valence-electron chi connectivity index (χ1n) is 19.6. The predicted octanol–water partition coefficient (Wildman–Crippen LogP) is 7.05. The van der Waals surface area contributed by atoms with E-state index in [9.17, 15) is 16.8 Å². The summed E-state index contributed by atoms with van der Waals surface area (Å²) < 4.78 is 66.5. The van der Waals surface area contributed by atoms with Crippen LogP contribution in [-0.2, 0) is 35.7 Å². The van der Waals surface area contributed by atoms with Crippen LogP contribution >= 0.6 is 34.8 Å². The molecule has 0 aromatic heterocycles. The van der Waals surface area contributed by atoms with Crippen molar-refractivity contribution in [3.05, 3.63) is 92.4 Å². The molecule has 7 rings (SSSR count). The molecular formula is C41H50Cl3N5O7S2. The summed E-state index contributed by atoms with van der Waals surface area (Å²) in [6.45, 7) is 10.4. The van der Waals surface area contributed by atoms with Crippen LogP contribution in [0, 0.1) is 0 Å². The van der Waals surface area contributed by atoms with Crippen molar-refractivity contribution in [2.45, 2.75) is 81.2 Å². The molecule has 4 aliphatic heterocycles. The highest BCUT2D eigenvalue weighted by Crippen LogP contribution is 2.54. The maximum absolute atomic E-state index is 15.5. The van der Waals surface area contributed by atoms with Gasteiger partial charge in [-0.15, -0.1) is 0 Å². The minimum Gasteiger partial charge on any atom is -0.490 e. The van der Waals surface area contributed by atoms with Gasteiger partial charge >= 0.3 is 6.03 Å². The van der Waals surface area contributed by atoms with E-state index in [0.717, 1.165) is 24.0 Å². The quantitative estimate of drug-likeness (QED) is 0.201. The number of rotatable bonds is 11. The van der Waals surface area contributed by atoms with Crippen LogP contribution < -0.4 is 4.74 Å². The molecule has 2 unspecified atom stereocenters. The van der Waals surface area contributed by atoms with Crippen molar-refractivity contribution in [3.63, 3.8) is 0 Å². The molecule has 3 aromatic carbocycles. The second-order valence-corrected chi connectivity index (χ2v) is 21.7. The van der Waals surface area contributed by atoms with E-state index in [2.05, 4.69) is 4.90 Å². The standard InChI is InChI=1S/C41H50Cl3N5O7S2/c1-27(2)55-36-24-35(44)37(58(53,54)48-25-32-15-16-33(26-48)56-32)23-34(36)38-45-40(3,28-7-11-30(42)12-8-28)41(4,29-9-13-31(43)14-10-29)49(38)39(50)47-20-18-46(19-21-47)17-6-22-57(5,51)52/h7-14,23-24,27,32-33H,6,15-22,25-26H2,1-5H3/t32?,33?,40-,41+/m0/s1. The smallest absolute Gasteiger partial charge is 0.326 e. The zero-order valence-corrected chi connectivity index (χ0v) is 37.2. The number of carbonyl (C=O) groups is 1. The lowest BCUT2D eigenvalue weighted by Crippen LogP contribution is -2.60. The van der Waals surface area contributed by atoms with Gasteiger partial charge in [-0.3, -0.25) is 14.8 Å². The molecule has 3 aromatic rings. The fourth-order valence-electron chi connectivity index (χ4n) is 8.59. The molecule has 3 saturated heterocycles. The van der Waals surface area contributed by atoms with Crippen molar-refractivity contribution < 1.29 is 31.1 Å². The zero-order valence-electron chi connectivity index (χ0n) is 33.3. The molecule has 3 fully saturated rings. The van der Waals surface area contributed by atoms with Gasteiger partial charge in [-0.25, -0.2) is 21.6 Å². The van der Waals surface area contributed by atoms with Gasteiger partial charge in [-0.05, 0) is 95.0 Å². The molecule has 58 heavy (non-hydrogen) atoms. The number of sulfonamides is 1. The van der Waals surface area contributed by atoms with Crippen molar-refractivity contribution in [3.8, 4) is 5.75 Å². The number of nitrogens with zero attached hydrogens (tertiary/aromatic N) is 5. The number of urea groups is 1. The maximum Gasteiger partial charge on any atom is 0.326 e. The van der Waals surface area contributed by atoms with Gasteiger partial charge in [-0.1, -0.05) is 59.1 Å². The summed E-state index contributed by atoms with van der Waals surface area (Å²) in [6.07, 6.45) is 2.57. The first-order valence-corrected chi connectivity index (χ1v) is 24.2. The lowest BCUT2D eigenvalue weighted by molar-refractivity contribution is -0.0114. The van der Waals surface area contributed by atoms with E-state index < -0.39 is 30.9 Å². The number of ether oxygens (including phenoxy) is 2. The largest absolute Gasteiger partial charge is 0.490 e. The highest BCUT2D eigenvalue weighted by molar-refractivity contribution is 7.90. The van der Waals surface area contributed by atoms with Gasteiger partial charge < -0.3 is 14.4 Å². The number of hydrogen-bond acceptors (Lipinski definition) is 9. The van der Waals surface area contributed by atoms with E-state index in [1.165, 1.54) is 22.7 Å². The number of sulfone groups is 1. The predicted molar refractivity (Wildman–Crippen MR) is 228 cm³/mol. The second-order valence-electron chi connectivity index (χ2n) is 16.2. The Hall–Kier alpha value is -2.95. The molecule has 0 aliphatic carbocycles. The van der Waals surface area contributed by atoms with Crippen molar-refractivity contribution in [2.24, 2.45) is 4.99 Å². The molecule has 4 heterocycles. The highest BCUT2D eigenvalue weighted by Gasteiger charge is 2.60. The Morgan fingerprint density at radius 1 is 0.879 bits per heavy atom. The van der Waals surface area contributed by atoms with Gasteiger partial charge in [0.25, 0.3) is 0 Å². The monoisotopic (exact) mass is 893 g/mol. The minimum absolute atomic E-state index is 0.0115. The van der Waals surface area contributed by atoms with Gasteiger partial charge in [0.05, 0.1) is 34.7 Å². The van der Waals surface area contributed by atoms with Crippen LogP contribution in [0.2, 0.25) is 15.1 Å². The second kappa shape index (κ2) is 16.5. The Balaban J connectivity index is 1.39. The lowest BCUT2D eigenvalue weighted by Gasteiger charge is -2.47. The molecule has 4 aliphatic rings. The van der Waals surface area contributed by atoms with Crippen LogP contribution in [0.15, 0.2) is 70.6 Å². The van der Waals surface area contributed by atoms with E-state index in [1.54, 1.807) is 34.1 Å². The number of aliphatic imine (C=N–C) groups is 1. The molecule has 4 atom stereocenters. The summed E-state index contributed by atoms with van der Waals surface area (Å²) in [4.78, 5) is 26.5. The summed E-state index contributed by atoms with van der Waals surface area (Å²) in [5.74, 6) is 0.572. The van der Waals surface area contributed by atoms with Crippen LogP contribution in [-0.4, -0.2) is 124 Å². The number of halogens is 3. The summed E-state index contributed by atoms with van der Waals surface area (Å²) in [7, 11) is -7.24. The molecule has 17 heteroatoms. The molecule has 0 radical (unpaired) electrons. The number of fused-ring (bicyclic) bond motifs is 2. The minimum atomic E-state index is -4.14. The fourth-order valence-corrected chi connectivity index (χ4v) is 11.5. The normalized spacial score (nSPS) is 25.7. The Kier molecular flexibility index (Phi) is 12.3. The average molecular weight is 895 g/mol. The van der Waals surface area contributed by atoms with Crippen LogP contribution in [0.4, 0.5) is 4.79 Å². The number of benzene rings is 3. The summed E-state index contributed by atoms with van der Waals surface area (Å²) in [6, 6.07) is 17.3. The first kappa shape index (κ1) is 43.1. The average Bonchev–Trinajstić information content (AvgIpc) is 3.62. The van der Waals surface area contributed by atoms with E-state index in [1.807, 2.05) is 52.0 Å².